The molecular weight excluding hydrogens is 622 g/mol. The van der Waals surface area contributed by atoms with E-state index in [-0.39, 0.29) is 36.6 Å². The van der Waals surface area contributed by atoms with E-state index in [4.69, 9.17) is 31.8 Å². The molecule has 2 unspecified atom stereocenters. The molecule has 4 heterocycles. The number of benzene rings is 3. The molecule has 46 heavy (non-hydrogen) atoms. The topological polar surface area (TPSA) is 103 Å². The number of thiophene rings is 1. The normalized spacial score (nSPS) is 20.9. The van der Waals surface area contributed by atoms with Crippen molar-refractivity contribution >= 4 is 56.1 Å². The number of rotatable bonds is 7. The van der Waals surface area contributed by atoms with Crippen LogP contribution in [0.1, 0.15) is 28.8 Å². The maximum Gasteiger partial charge on any atom is 0.410 e. The number of amides is 2. The van der Waals surface area contributed by atoms with Gasteiger partial charge in [-0.1, -0.05) is 41.9 Å². The Bertz CT molecular complexity index is 1970. The van der Waals surface area contributed by atoms with Crippen LogP contribution in [0.15, 0.2) is 66.0 Å². The lowest BCUT2D eigenvalue weighted by atomic mass is 10.0. The summed E-state index contributed by atoms with van der Waals surface area (Å²) in [6.45, 7) is 2.69. The number of nitrogens with zero attached hydrogens (tertiary/aromatic N) is 4. The van der Waals surface area contributed by atoms with E-state index in [1.807, 2.05) is 65.6 Å². The summed E-state index contributed by atoms with van der Waals surface area (Å²) in [7, 11) is 1.63. The van der Waals surface area contributed by atoms with E-state index in [2.05, 4.69) is 9.95 Å². The van der Waals surface area contributed by atoms with Gasteiger partial charge in [-0.3, -0.25) is 4.79 Å². The first-order valence-corrected chi connectivity index (χ1v) is 16.9. The van der Waals surface area contributed by atoms with Crippen LogP contribution in [0.3, 0.4) is 0 Å². The minimum atomic E-state index is -0.314. The number of methoxy groups -OCH3 is 1. The van der Waals surface area contributed by atoms with Crippen LogP contribution in [0.4, 0.5) is 4.79 Å². The van der Waals surface area contributed by atoms with Gasteiger partial charge < -0.3 is 29.6 Å². The molecule has 3 atom stereocenters. The molecule has 0 spiro atoms. The van der Waals surface area contributed by atoms with Crippen molar-refractivity contribution in [1.29, 1.82) is 0 Å². The van der Waals surface area contributed by atoms with E-state index >= 15 is 0 Å². The van der Waals surface area contributed by atoms with E-state index in [0.717, 1.165) is 45.4 Å². The largest absolute Gasteiger partial charge is 0.494 e. The van der Waals surface area contributed by atoms with Crippen LogP contribution >= 0.6 is 22.9 Å². The summed E-state index contributed by atoms with van der Waals surface area (Å²) in [5.74, 6) is 1.88. The van der Waals surface area contributed by atoms with E-state index < -0.39 is 0 Å². The highest BCUT2D eigenvalue weighted by Crippen LogP contribution is 2.41. The number of imidazole rings is 1. The maximum atomic E-state index is 13.8. The maximum absolute atomic E-state index is 13.8. The SMILES string of the molecule is COc1cc(C(=O)N2CC3CCC2[C@@H]3N)cc2nc(-c3csc4ccc(Cl)cc34)n(CC3CN(C(=O)OCc4ccccc4)C3)c12. The molecule has 2 N–H and O–H groups in total. The third-order valence-electron chi connectivity index (χ3n) is 9.83. The van der Waals surface area contributed by atoms with Gasteiger partial charge in [0.05, 0.1) is 12.6 Å². The summed E-state index contributed by atoms with van der Waals surface area (Å²) < 4.78 is 14.8. The Kier molecular flexibility index (Phi) is 7.38. The van der Waals surface area contributed by atoms with Gasteiger partial charge in [-0.2, -0.15) is 0 Å². The highest BCUT2D eigenvalue weighted by Gasteiger charge is 2.47. The average Bonchev–Trinajstić information content (AvgIpc) is 3.81. The van der Waals surface area contributed by atoms with Gasteiger partial charge in [-0.15, -0.1) is 11.3 Å². The highest BCUT2D eigenvalue weighted by molar-refractivity contribution is 7.17. The van der Waals surface area contributed by atoms with Crippen molar-refractivity contribution < 1.29 is 19.1 Å². The molecule has 2 aromatic heterocycles. The summed E-state index contributed by atoms with van der Waals surface area (Å²) in [5.41, 5.74) is 10.4. The zero-order valence-electron chi connectivity index (χ0n) is 25.4. The lowest BCUT2D eigenvalue weighted by Gasteiger charge is -2.38. The molecule has 1 saturated carbocycles. The number of carbonyl (C=O) groups excluding carboxylic acids is 2. The number of ether oxygens (including phenoxy) is 2. The van der Waals surface area contributed by atoms with Gasteiger partial charge in [0.1, 0.15) is 23.7 Å². The fourth-order valence-corrected chi connectivity index (χ4v) is 8.51. The first kappa shape index (κ1) is 29.3. The molecule has 9 nitrogen and oxygen atoms in total. The van der Waals surface area contributed by atoms with Gasteiger partial charge in [-0.05, 0) is 54.7 Å². The predicted molar refractivity (Wildman–Crippen MR) is 179 cm³/mol. The number of hydrogen-bond donors (Lipinski definition) is 1. The summed E-state index contributed by atoms with van der Waals surface area (Å²) in [4.78, 5) is 35.4. The van der Waals surface area contributed by atoms with Crippen LogP contribution in [0.5, 0.6) is 5.75 Å². The van der Waals surface area contributed by atoms with Crippen LogP contribution in [0.25, 0.3) is 32.5 Å². The number of likely N-dealkylation sites (tertiary alicyclic amines) is 2. The van der Waals surface area contributed by atoms with Crippen molar-refractivity contribution in [3.05, 3.63) is 82.2 Å². The molecule has 3 fully saturated rings. The summed E-state index contributed by atoms with van der Waals surface area (Å²) in [5, 5.41) is 3.78. The van der Waals surface area contributed by atoms with Crippen LogP contribution < -0.4 is 10.5 Å². The number of nitrogens with two attached hydrogens (primary N) is 1. The Morgan fingerprint density at radius 2 is 1.89 bits per heavy atom. The monoisotopic (exact) mass is 655 g/mol. The van der Waals surface area contributed by atoms with E-state index in [1.165, 1.54) is 0 Å². The Hall–Kier alpha value is -4.12. The number of piperidine rings is 1. The van der Waals surface area contributed by atoms with Crippen molar-refractivity contribution in [3.8, 4) is 17.1 Å². The average molecular weight is 656 g/mol. The summed E-state index contributed by atoms with van der Waals surface area (Å²) >= 11 is 8.08. The summed E-state index contributed by atoms with van der Waals surface area (Å²) in [6, 6.07) is 19.4. The minimum absolute atomic E-state index is 0.0321. The molecule has 2 saturated heterocycles. The van der Waals surface area contributed by atoms with Crippen LogP contribution in [-0.2, 0) is 17.9 Å². The van der Waals surface area contributed by atoms with E-state index in [1.54, 1.807) is 23.3 Å². The fraction of sp³-hybridized carbons (Fsp3) is 0.343. The Morgan fingerprint density at radius 3 is 2.63 bits per heavy atom. The van der Waals surface area contributed by atoms with Crippen molar-refractivity contribution in [1.82, 2.24) is 19.4 Å². The second-order valence-electron chi connectivity index (χ2n) is 12.6. The Balaban J connectivity index is 1.12. The standard InChI is InChI=1S/C35H34ClN5O4S/c1-44-29-12-23(34(42)40-17-22-7-9-28(40)31(22)37)11-27-32(29)41(33(38-27)26-19-46-30-10-8-24(36)13-25(26)30)16-21-14-39(15-21)35(43)45-18-20-5-3-2-4-6-20/h2-6,8,10-13,19,21-22,28,31H,7,9,14-18,37H2,1H3/t22?,28?,31-/m1/s1. The molecule has 2 bridgehead atoms. The zero-order chi connectivity index (χ0) is 31.5. The molecule has 1 aliphatic carbocycles. The zero-order valence-corrected chi connectivity index (χ0v) is 27.0. The molecule has 11 heteroatoms. The van der Waals surface area contributed by atoms with Gasteiger partial charge in [-0.25, -0.2) is 9.78 Å². The van der Waals surface area contributed by atoms with Gasteiger partial charge in [0.2, 0.25) is 0 Å². The molecule has 2 aliphatic heterocycles. The molecule has 5 aromatic rings. The number of hydrogen-bond acceptors (Lipinski definition) is 7. The number of aromatic nitrogens is 2. The van der Waals surface area contributed by atoms with Gasteiger partial charge >= 0.3 is 6.09 Å². The first-order valence-electron chi connectivity index (χ1n) is 15.7. The van der Waals surface area contributed by atoms with Gasteiger partial charge in [0, 0.05) is 75.8 Å². The molecule has 3 aliphatic rings. The molecule has 8 rings (SSSR count). The third-order valence-corrected chi connectivity index (χ3v) is 11.0. The van der Waals surface area contributed by atoms with Crippen molar-refractivity contribution in [2.45, 2.75) is 38.1 Å². The molecule has 236 valence electrons. The second-order valence-corrected chi connectivity index (χ2v) is 14.0. The predicted octanol–water partition coefficient (Wildman–Crippen LogP) is 6.41. The number of halogens is 1. The van der Waals surface area contributed by atoms with E-state index in [0.29, 0.717) is 53.9 Å². The van der Waals surface area contributed by atoms with Gasteiger partial charge in [0.15, 0.2) is 0 Å². The van der Waals surface area contributed by atoms with Crippen molar-refractivity contribution in [3.63, 3.8) is 0 Å². The molecule has 2 amide bonds. The molecule has 3 aromatic carbocycles. The molecular formula is C35H34ClN5O4S. The van der Waals surface area contributed by atoms with Gasteiger partial charge in [0.25, 0.3) is 5.91 Å². The third kappa shape index (κ3) is 4.99. The molecule has 0 radical (unpaired) electrons. The highest BCUT2D eigenvalue weighted by atomic mass is 35.5. The Morgan fingerprint density at radius 1 is 1.07 bits per heavy atom. The smallest absolute Gasteiger partial charge is 0.410 e. The number of carbonyl (C=O) groups is 2. The quantitative estimate of drug-likeness (QED) is 0.217. The lowest BCUT2D eigenvalue weighted by molar-refractivity contribution is 0.0451. The van der Waals surface area contributed by atoms with Crippen LogP contribution in [0, 0.1) is 11.8 Å². The van der Waals surface area contributed by atoms with Crippen LogP contribution in [-0.4, -0.2) is 70.2 Å². The first-order chi connectivity index (χ1) is 22.4. The minimum Gasteiger partial charge on any atom is -0.494 e. The lowest BCUT2D eigenvalue weighted by Crippen LogP contribution is -2.51. The Labute approximate surface area is 275 Å². The summed E-state index contributed by atoms with van der Waals surface area (Å²) in [6.07, 6.45) is 1.71. The fourth-order valence-electron chi connectivity index (χ4n) is 7.42. The van der Waals surface area contributed by atoms with E-state index in [9.17, 15) is 9.59 Å². The van der Waals surface area contributed by atoms with Crippen LogP contribution in [0.2, 0.25) is 5.02 Å². The second kappa shape index (κ2) is 11.6. The van der Waals surface area contributed by atoms with Crippen molar-refractivity contribution in [2.75, 3.05) is 26.7 Å². The van der Waals surface area contributed by atoms with Crippen molar-refractivity contribution in [2.24, 2.45) is 17.6 Å². The number of fused-ring (bicyclic) bond motifs is 4.